The zero-order chi connectivity index (χ0) is 55.8. The number of β-amino-alcohol motifs (C(OH)–C–C–N with tert-alkyl or cyclic N) is 1. The van der Waals surface area contributed by atoms with Gasteiger partial charge >= 0.3 is 0 Å². The summed E-state index contributed by atoms with van der Waals surface area (Å²) in [6.45, 7) is 13.0. The number of likely N-dealkylation sites (tertiary alicyclic amines) is 1. The van der Waals surface area contributed by atoms with Gasteiger partial charge in [-0.2, -0.15) is 0 Å². The third-order valence-corrected chi connectivity index (χ3v) is 15.3. The zero-order valence-electron chi connectivity index (χ0n) is 45.9. The van der Waals surface area contributed by atoms with Gasteiger partial charge in [-0.1, -0.05) is 63.2 Å². The lowest BCUT2D eigenvalue weighted by molar-refractivity contribution is -0.144. The molecule has 7 N–H and O–H groups in total. The summed E-state index contributed by atoms with van der Waals surface area (Å²) in [6.07, 6.45) is 7.47. The molecule has 19 nitrogen and oxygen atoms in total. The van der Waals surface area contributed by atoms with E-state index in [4.69, 9.17) is 14.2 Å². The topological polar surface area (TPSA) is 247 Å². The van der Waals surface area contributed by atoms with Gasteiger partial charge < -0.3 is 55.8 Å². The molecule has 0 saturated carbocycles. The number of benzene rings is 3. The number of pyridine rings is 1. The fraction of sp³-hybridized carbons (Fsp3) is 0.458. The summed E-state index contributed by atoms with van der Waals surface area (Å²) in [5.41, 5.74) is 6.74. The fourth-order valence-corrected chi connectivity index (χ4v) is 10.6. The molecule has 0 spiro atoms. The maximum Gasteiger partial charge on any atom is 0.251 e. The van der Waals surface area contributed by atoms with Crippen molar-refractivity contribution in [3.8, 4) is 27.6 Å². The summed E-state index contributed by atoms with van der Waals surface area (Å²) >= 11 is 1.57. The van der Waals surface area contributed by atoms with Crippen molar-refractivity contribution in [1.29, 1.82) is 0 Å². The molecular formula is C59H75N11O8S. The van der Waals surface area contributed by atoms with Crippen LogP contribution in [0.4, 0.5) is 5.69 Å². The maximum absolute atomic E-state index is 14.0. The number of anilines is 1. The van der Waals surface area contributed by atoms with E-state index in [1.54, 1.807) is 23.7 Å². The predicted molar refractivity (Wildman–Crippen MR) is 303 cm³/mol. The second-order valence-electron chi connectivity index (χ2n) is 21.4. The quantitative estimate of drug-likeness (QED) is 0.0264. The maximum atomic E-state index is 14.0. The number of aromatic amines is 1. The van der Waals surface area contributed by atoms with Gasteiger partial charge in [0.1, 0.15) is 24.4 Å². The van der Waals surface area contributed by atoms with Gasteiger partial charge in [-0.05, 0) is 130 Å². The number of amides is 4. The first-order valence-corrected chi connectivity index (χ1v) is 28.2. The Morgan fingerprint density at radius 2 is 1.61 bits per heavy atom. The van der Waals surface area contributed by atoms with Crippen LogP contribution in [0.15, 0.2) is 103 Å². The van der Waals surface area contributed by atoms with Crippen LogP contribution >= 0.6 is 11.3 Å². The number of carbonyl (C=O) groups is 4. The molecule has 20 heteroatoms. The first-order chi connectivity index (χ1) is 38.2. The molecule has 420 valence electrons. The average Bonchev–Trinajstić information content (AvgIpc) is 4.31. The highest BCUT2D eigenvalue weighted by Gasteiger charge is 2.44. The molecule has 3 aromatic carbocycles. The van der Waals surface area contributed by atoms with E-state index in [1.807, 2.05) is 125 Å². The number of nitrogens with zero attached hydrogens (tertiary/aromatic N) is 5. The van der Waals surface area contributed by atoms with Gasteiger partial charge in [0.05, 0.1) is 40.4 Å². The monoisotopic (exact) mass is 1100 g/mol. The molecule has 4 amide bonds. The first-order valence-electron chi connectivity index (χ1n) is 27.3. The molecule has 1 unspecified atom stereocenters. The molecule has 5 heterocycles. The van der Waals surface area contributed by atoms with Crippen molar-refractivity contribution in [2.75, 3.05) is 58.0 Å². The van der Waals surface area contributed by atoms with Crippen LogP contribution in [0.3, 0.4) is 0 Å². The van der Waals surface area contributed by atoms with Gasteiger partial charge in [-0.15, -0.1) is 21.5 Å². The molecule has 2 aliphatic heterocycles. The largest absolute Gasteiger partial charge is 0.494 e. The van der Waals surface area contributed by atoms with Crippen LogP contribution in [0.2, 0.25) is 0 Å². The van der Waals surface area contributed by atoms with Crippen LogP contribution in [-0.4, -0.2) is 130 Å². The Hall–Kier alpha value is -7.10. The van der Waals surface area contributed by atoms with Gasteiger partial charge in [0.25, 0.3) is 5.91 Å². The highest BCUT2D eigenvalue weighted by atomic mass is 32.1. The Morgan fingerprint density at radius 1 is 0.861 bits per heavy atom. The number of hydrogen-bond donors (Lipinski definition) is 7. The number of carbonyl (C=O) groups excluding carboxylic acids is 4. The molecule has 2 aliphatic rings. The summed E-state index contributed by atoms with van der Waals surface area (Å²) in [5, 5.41) is 35.7. The van der Waals surface area contributed by atoms with Gasteiger partial charge in [-0.25, -0.2) is 4.98 Å². The van der Waals surface area contributed by atoms with Crippen LogP contribution in [0, 0.1) is 12.3 Å². The third-order valence-electron chi connectivity index (χ3n) is 14.3. The normalized spacial score (nSPS) is 16.9. The van der Waals surface area contributed by atoms with Crippen molar-refractivity contribution < 1.29 is 38.5 Å². The molecule has 0 radical (unpaired) electrons. The average molecular weight is 1100 g/mol. The van der Waals surface area contributed by atoms with Gasteiger partial charge in [0.15, 0.2) is 11.6 Å². The Labute approximate surface area is 466 Å². The molecule has 3 aromatic heterocycles. The van der Waals surface area contributed by atoms with Crippen molar-refractivity contribution in [3.05, 3.63) is 131 Å². The van der Waals surface area contributed by atoms with E-state index in [2.05, 4.69) is 51.7 Å². The first kappa shape index (κ1) is 58.1. The summed E-state index contributed by atoms with van der Waals surface area (Å²) in [6, 6.07) is 24.9. The minimum atomic E-state index is -0.951. The molecule has 2 saturated heterocycles. The van der Waals surface area contributed by atoms with Crippen molar-refractivity contribution >= 4 is 40.7 Å². The van der Waals surface area contributed by atoms with Crippen LogP contribution in [0.1, 0.15) is 112 Å². The van der Waals surface area contributed by atoms with Crippen molar-refractivity contribution in [2.24, 2.45) is 5.41 Å². The molecule has 4 atom stereocenters. The number of aryl methyl sites for hydroxylation is 1. The smallest absolute Gasteiger partial charge is 0.251 e. The van der Waals surface area contributed by atoms with Crippen molar-refractivity contribution in [3.63, 3.8) is 0 Å². The second kappa shape index (κ2) is 27.7. The highest BCUT2D eigenvalue weighted by Crippen LogP contribution is 2.35. The van der Waals surface area contributed by atoms with E-state index in [0.717, 1.165) is 95.3 Å². The number of piperidine rings is 1. The third kappa shape index (κ3) is 16.0. The molecule has 79 heavy (non-hydrogen) atoms. The summed E-state index contributed by atoms with van der Waals surface area (Å²) in [4.78, 5) is 68.5. The number of aliphatic hydroxyl groups is 1. The minimum absolute atomic E-state index is 0.00936. The summed E-state index contributed by atoms with van der Waals surface area (Å²) < 4.78 is 17.6. The van der Waals surface area contributed by atoms with Gasteiger partial charge in [0.2, 0.25) is 17.7 Å². The van der Waals surface area contributed by atoms with E-state index in [1.165, 1.54) is 4.90 Å². The van der Waals surface area contributed by atoms with Crippen molar-refractivity contribution in [2.45, 2.75) is 116 Å². The lowest BCUT2D eigenvalue weighted by Crippen LogP contribution is -2.58. The van der Waals surface area contributed by atoms with Crippen LogP contribution < -0.4 is 31.3 Å². The molecule has 0 aliphatic carbocycles. The Bertz CT molecular complexity index is 2940. The van der Waals surface area contributed by atoms with Gasteiger partial charge in [-0.3, -0.25) is 24.2 Å². The number of aromatic nitrogens is 5. The number of thiazole rings is 1. The number of nitrogens with one attached hydrogen (secondary N) is 6. The van der Waals surface area contributed by atoms with E-state index in [0.29, 0.717) is 44.2 Å². The molecule has 0 bridgehead atoms. The molecule has 6 aromatic rings. The van der Waals surface area contributed by atoms with E-state index in [-0.39, 0.29) is 44.0 Å². The Kier molecular flexibility index (Phi) is 20.3. The lowest BCUT2D eigenvalue weighted by Gasteiger charge is -2.37. The predicted octanol–water partition coefficient (Wildman–Crippen LogP) is 7.26. The van der Waals surface area contributed by atoms with E-state index in [9.17, 15) is 24.3 Å². The number of rotatable bonds is 26. The number of ether oxygens (including phenoxy) is 3. The number of unbranched alkanes of at least 4 members (excludes halogenated alkanes) is 2. The van der Waals surface area contributed by atoms with Gasteiger partial charge in [0, 0.05) is 68.5 Å². The Morgan fingerprint density at radius 3 is 2.37 bits per heavy atom. The number of aliphatic hydroxyl groups excluding tert-OH is 1. The number of hydrogen-bond acceptors (Lipinski definition) is 15. The fourth-order valence-electron chi connectivity index (χ4n) is 9.83. The zero-order valence-corrected chi connectivity index (χ0v) is 46.7. The Balaban J connectivity index is 0.689. The molecule has 8 rings (SSSR count). The molecule has 2 fully saturated rings. The SMILES string of the molecule is Cc1ncsc1-c1ccc(CNC(=O)C2C[C@@H](O)CN2C(=O)[C@@H](NC(=O)COCCCOCCCCCOc2cccc([C@H](C)NC(=O)c3cccc(NC4(c5nnc(-c6ccncc6)[nH]5)CCNCC4)c3)c2)C(C)(C)C)cc1. The van der Waals surface area contributed by atoms with Crippen molar-refractivity contribution in [1.82, 2.24) is 51.3 Å². The summed E-state index contributed by atoms with van der Waals surface area (Å²) in [7, 11) is 0. The van der Waals surface area contributed by atoms with Crippen LogP contribution in [0.5, 0.6) is 5.75 Å². The summed E-state index contributed by atoms with van der Waals surface area (Å²) in [5.74, 6) is 0.737. The number of H-pyrrole nitrogens is 1. The lowest BCUT2D eigenvalue weighted by atomic mass is 9.85. The van der Waals surface area contributed by atoms with E-state index >= 15 is 0 Å². The molecular weight excluding hydrogens is 1020 g/mol. The highest BCUT2D eigenvalue weighted by molar-refractivity contribution is 7.13. The van der Waals surface area contributed by atoms with E-state index < -0.39 is 41.0 Å². The van der Waals surface area contributed by atoms with Crippen LogP contribution in [-0.2, 0) is 35.9 Å². The standard InChI is InChI=1S/C59H75N11O8S/c1-39(64-54(73)45-13-9-14-46(32-45)67-59(22-26-61-27-23-59)57-66-53(68-69-57)43-20-24-60-25-21-43)44-12-10-15-48(33-44)78-31-8-6-7-28-76-29-11-30-77-37-50(72)65-52(58(3,4)5)56(75)70-36-47(71)34-49(70)55(74)62-35-41-16-18-42(19-17-41)51-40(2)63-38-79-51/h9-10,12-21,24-25,32-33,38-39,47,49,52,61,67,71H,6-8,11,22-23,26-31,34-37H2,1-5H3,(H,62,74)(H,64,73)(H,65,72)(H,66,68,69)/t39-,47+,49?,52+/m0/s1. The minimum Gasteiger partial charge on any atom is -0.494 e. The second-order valence-corrected chi connectivity index (χ2v) is 22.3. The van der Waals surface area contributed by atoms with Crippen LogP contribution in [0.25, 0.3) is 21.8 Å².